The maximum Gasteiger partial charge on any atom is 0.341 e. The van der Waals surface area contributed by atoms with Gasteiger partial charge in [-0.2, -0.15) is 20.1 Å². The Bertz CT molecular complexity index is 1090. The molecule has 3 N–H and O–H groups in total. The molecule has 0 atom stereocenters. The first-order valence-electron chi connectivity index (χ1n) is 10.2. The summed E-state index contributed by atoms with van der Waals surface area (Å²) >= 11 is 0. The minimum Gasteiger partial charge on any atom is -0.482 e. The molecule has 0 saturated carbocycles. The van der Waals surface area contributed by atoms with Crippen LogP contribution in [0.1, 0.15) is 18.4 Å². The molecule has 1 aliphatic heterocycles. The summed E-state index contributed by atoms with van der Waals surface area (Å²) in [7, 11) is 0. The number of aliphatic carboxylic acids is 1. The normalized spacial score (nSPS) is 13.3. The molecule has 10 nitrogen and oxygen atoms in total. The van der Waals surface area contributed by atoms with Gasteiger partial charge in [-0.15, -0.1) is 0 Å². The van der Waals surface area contributed by atoms with Crippen LogP contribution in [0.2, 0.25) is 0 Å². The van der Waals surface area contributed by atoms with Gasteiger partial charge in [-0.3, -0.25) is 0 Å². The molecule has 0 unspecified atom stereocenters. The van der Waals surface area contributed by atoms with Crippen molar-refractivity contribution >= 4 is 35.7 Å². The van der Waals surface area contributed by atoms with Crippen LogP contribution < -0.4 is 20.4 Å². The zero-order valence-electron chi connectivity index (χ0n) is 17.3. The van der Waals surface area contributed by atoms with Gasteiger partial charge in [-0.25, -0.2) is 10.2 Å². The summed E-state index contributed by atoms with van der Waals surface area (Å²) in [5.41, 5.74) is 4.47. The number of rotatable bonds is 9. The first-order valence-corrected chi connectivity index (χ1v) is 10.2. The summed E-state index contributed by atoms with van der Waals surface area (Å²) in [5, 5.41) is 16.2. The van der Waals surface area contributed by atoms with E-state index in [1.54, 1.807) is 24.4 Å². The van der Waals surface area contributed by atoms with Gasteiger partial charge in [0.1, 0.15) is 5.75 Å². The number of ether oxygens (including phenoxy) is 1. The highest BCUT2D eigenvalue weighted by Crippen LogP contribution is 2.21. The number of anilines is 4. The van der Waals surface area contributed by atoms with Gasteiger partial charge < -0.3 is 20.1 Å². The summed E-state index contributed by atoms with van der Waals surface area (Å²) in [5.74, 6) is 0.749. The van der Waals surface area contributed by atoms with E-state index < -0.39 is 12.6 Å². The van der Waals surface area contributed by atoms with E-state index in [0.29, 0.717) is 23.6 Å². The van der Waals surface area contributed by atoms with E-state index in [4.69, 9.17) is 9.84 Å². The lowest BCUT2D eigenvalue weighted by Gasteiger charge is -2.16. The van der Waals surface area contributed by atoms with Crippen molar-refractivity contribution in [1.29, 1.82) is 0 Å². The van der Waals surface area contributed by atoms with Crippen molar-refractivity contribution in [3.05, 3.63) is 60.2 Å². The fourth-order valence-corrected chi connectivity index (χ4v) is 3.17. The highest BCUT2D eigenvalue weighted by molar-refractivity contribution is 5.80. The molecular weight excluding hydrogens is 410 g/mol. The van der Waals surface area contributed by atoms with E-state index in [1.165, 1.54) is 0 Å². The van der Waals surface area contributed by atoms with Crippen LogP contribution in [0.25, 0.3) is 0 Å². The lowest BCUT2D eigenvalue weighted by molar-refractivity contribution is -0.139. The van der Waals surface area contributed by atoms with E-state index >= 15 is 0 Å². The largest absolute Gasteiger partial charge is 0.482 e. The van der Waals surface area contributed by atoms with E-state index in [2.05, 4.69) is 35.7 Å². The third-order valence-electron chi connectivity index (χ3n) is 4.64. The Morgan fingerprint density at radius 2 is 1.84 bits per heavy atom. The number of aromatic nitrogens is 3. The van der Waals surface area contributed by atoms with E-state index in [0.717, 1.165) is 37.2 Å². The lowest BCUT2D eigenvalue weighted by atomic mass is 10.2. The summed E-state index contributed by atoms with van der Waals surface area (Å²) in [6.45, 7) is 1.40. The molecule has 1 saturated heterocycles. The SMILES string of the molecule is O=C(O)COc1cccc(/C=N\Nc2nc(Nc3ccccc3)nc(N3CCCC3)n2)c1. The Labute approximate surface area is 185 Å². The number of hydrazone groups is 1. The van der Waals surface area contributed by atoms with Crippen molar-refractivity contribution in [2.75, 3.05) is 35.3 Å². The Hall–Kier alpha value is -4.21. The number of nitrogens with one attached hydrogen (secondary N) is 2. The fourth-order valence-electron chi connectivity index (χ4n) is 3.17. The van der Waals surface area contributed by atoms with Gasteiger partial charge in [-0.05, 0) is 42.7 Å². The number of carbonyl (C=O) groups is 1. The maximum absolute atomic E-state index is 10.7. The molecule has 10 heteroatoms. The van der Waals surface area contributed by atoms with Gasteiger partial charge in [0, 0.05) is 18.8 Å². The Morgan fingerprint density at radius 1 is 1.06 bits per heavy atom. The van der Waals surface area contributed by atoms with Crippen LogP contribution in [0.3, 0.4) is 0 Å². The summed E-state index contributed by atoms with van der Waals surface area (Å²) in [6.07, 6.45) is 3.79. The molecule has 0 amide bonds. The Kier molecular flexibility index (Phi) is 6.71. The third kappa shape index (κ3) is 5.91. The molecule has 4 rings (SSSR count). The second-order valence-corrected chi connectivity index (χ2v) is 7.09. The summed E-state index contributed by atoms with van der Waals surface area (Å²) < 4.78 is 5.19. The van der Waals surface area contributed by atoms with Crippen molar-refractivity contribution in [1.82, 2.24) is 15.0 Å². The predicted octanol–water partition coefficient (Wildman–Crippen LogP) is 3.12. The molecule has 2 aromatic carbocycles. The van der Waals surface area contributed by atoms with Crippen LogP contribution in [-0.2, 0) is 4.79 Å². The average molecular weight is 433 g/mol. The second kappa shape index (κ2) is 10.2. The molecule has 1 fully saturated rings. The first kappa shape index (κ1) is 21.0. The van der Waals surface area contributed by atoms with E-state index in [1.807, 2.05) is 36.4 Å². The summed E-state index contributed by atoms with van der Waals surface area (Å²) in [6, 6.07) is 16.6. The number of hydrogen-bond acceptors (Lipinski definition) is 9. The number of carboxylic acids is 1. The number of para-hydroxylation sites is 1. The van der Waals surface area contributed by atoms with Crippen molar-refractivity contribution in [3.63, 3.8) is 0 Å². The zero-order chi connectivity index (χ0) is 22.2. The monoisotopic (exact) mass is 433 g/mol. The van der Waals surface area contributed by atoms with Crippen LogP contribution >= 0.6 is 0 Å². The number of benzene rings is 2. The van der Waals surface area contributed by atoms with Crippen molar-refractivity contribution < 1.29 is 14.6 Å². The lowest BCUT2D eigenvalue weighted by Crippen LogP contribution is -2.21. The van der Waals surface area contributed by atoms with Gasteiger partial charge in [0.15, 0.2) is 6.61 Å². The van der Waals surface area contributed by atoms with E-state index in [-0.39, 0.29) is 0 Å². The molecule has 0 radical (unpaired) electrons. The van der Waals surface area contributed by atoms with Gasteiger partial charge in [-0.1, -0.05) is 30.3 Å². The predicted molar refractivity (Wildman–Crippen MR) is 122 cm³/mol. The van der Waals surface area contributed by atoms with Gasteiger partial charge in [0.25, 0.3) is 0 Å². The molecular formula is C22H23N7O3. The summed E-state index contributed by atoms with van der Waals surface area (Å²) in [4.78, 5) is 26.3. The van der Waals surface area contributed by atoms with Crippen LogP contribution in [0.4, 0.5) is 23.5 Å². The molecule has 32 heavy (non-hydrogen) atoms. The second-order valence-electron chi connectivity index (χ2n) is 7.09. The quantitative estimate of drug-likeness (QED) is 0.345. The zero-order valence-corrected chi connectivity index (χ0v) is 17.3. The molecule has 0 spiro atoms. The highest BCUT2D eigenvalue weighted by atomic mass is 16.5. The molecule has 0 aliphatic carbocycles. The fraction of sp³-hybridized carbons (Fsp3) is 0.227. The third-order valence-corrected chi connectivity index (χ3v) is 4.64. The molecule has 1 aliphatic rings. The van der Waals surface area contributed by atoms with Crippen LogP contribution in [0.5, 0.6) is 5.75 Å². The van der Waals surface area contributed by atoms with E-state index in [9.17, 15) is 4.79 Å². The smallest absolute Gasteiger partial charge is 0.341 e. The van der Waals surface area contributed by atoms with Crippen molar-refractivity contribution in [2.24, 2.45) is 5.10 Å². The molecule has 1 aromatic heterocycles. The Morgan fingerprint density at radius 3 is 2.62 bits per heavy atom. The topological polar surface area (TPSA) is 125 Å². The average Bonchev–Trinajstić information content (AvgIpc) is 3.34. The van der Waals surface area contributed by atoms with Crippen LogP contribution in [0, 0.1) is 0 Å². The molecule has 2 heterocycles. The standard InChI is InChI=1S/C22H23N7O3/c30-19(31)15-32-18-10-6-7-16(13-18)14-23-28-21-25-20(24-17-8-2-1-3-9-17)26-22(27-21)29-11-4-5-12-29/h1-3,6-10,13-14H,4-5,11-12,15H2,(H,30,31)(H2,24,25,26,27,28)/b23-14-. The van der Waals surface area contributed by atoms with Gasteiger partial charge in [0.2, 0.25) is 17.8 Å². The highest BCUT2D eigenvalue weighted by Gasteiger charge is 2.17. The van der Waals surface area contributed by atoms with Gasteiger partial charge >= 0.3 is 5.97 Å². The number of nitrogens with zero attached hydrogens (tertiary/aromatic N) is 5. The Balaban J connectivity index is 1.49. The molecule has 0 bridgehead atoms. The minimum absolute atomic E-state index is 0.315. The van der Waals surface area contributed by atoms with Crippen LogP contribution in [-0.4, -0.2) is 51.9 Å². The number of carboxylic acid groups (broad SMARTS) is 1. The van der Waals surface area contributed by atoms with Gasteiger partial charge in [0.05, 0.1) is 6.21 Å². The molecule has 3 aromatic rings. The number of hydrogen-bond donors (Lipinski definition) is 3. The maximum atomic E-state index is 10.7. The van der Waals surface area contributed by atoms with Crippen LogP contribution in [0.15, 0.2) is 59.7 Å². The minimum atomic E-state index is -1.03. The van der Waals surface area contributed by atoms with Crippen molar-refractivity contribution in [3.8, 4) is 5.75 Å². The first-order chi connectivity index (χ1) is 15.7. The van der Waals surface area contributed by atoms with Crippen molar-refractivity contribution in [2.45, 2.75) is 12.8 Å². The molecule has 164 valence electrons.